The molecule has 5 rings (SSSR count). The van der Waals surface area contributed by atoms with Crippen molar-refractivity contribution < 1.29 is 4.74 Å². The minimum Gasteiger partial charge on any atom is -0.373 e. The zero-order valence-electron chi connectivity index (χ0n) is 18.5. The van der Waals surface area contributed by atoms with Crippen molar-refractivity contribution in [3.8, 4) is 12.1 Å². The van der Waals surface area contributed by atoms with E-state index in [-0.39, 0.29) is 17.7 Å². The highest BCUT2D eigenvalue weighted by atomic mass is 35.5. The van der Waals surface area contributed by atoms with Gasteiger partial charge in [-0.3, -0.25) is 0 Å². The van der Waals surface area contributed by atoms with Crippen LogP contribution in [0, 0.1) is 22.7 Å². The maximum atomic E-state index is 9.66. The van der Waals surface area contributed by atoms with Crippen LogP contribution in [-0.4, -0.2) is 64.5 Å². The predicted molar refractivity (Wildman–Crippen MR) is 127 cm³/mol. The number of anilines is 4. The molecule has 1 aromatic carbocycles. The second-order valence-corrected chi connectivity index (χ2v) is 8.48. The summed E-state index contributed by atoms with van der Waals surface area (Å²) < 4.78 is 7.38. The molecular formula is C22H23ClN10O. The lowest BCUT2D eigenvalue weighted by atomic mass is 9.99. The van der Waals surface area contributed by atoms with Gasteiger partial charge in [0, 0.05) is 32.2 Å². The first-order valence-corrected chi connectivity index (χ1v) is 11.5. The second kappa shape index (κ2) is 9.31. The monoisotopic (exact) mass is 478 g/mol. The Bertz CT molecular complexity index is 1310. The largest absolute Gasteiger partial charge is 0.373 e. The molecule has 0 amide bonds. The quantitative estimate of drug-likeness (QED) is 0.500. The molecule has 0 spiro atoms. The van der Waals surface area contributed by atoms with Crippen molar-refractivity contribution in [3.63, 3.8) is 0 Å². The van der Waals surface area contributed by atoms with Crippen molar-refractivity contribution in [2.75, 3.05) is 48.3 Å². The van der Waals surface area contributed by atoms with Crippen molar-refractivity contribution in [1.29, 1.82) is 10.5 Å². The molecule has 12 heteroatoms. The van der Waals surface area contributed by atoms with E-state index in [1.165, 1.54) is 10.7 Å². The van der Waals surface area contributed by atoms with Gasteiger partial charge >= 0.3 is 0 Å². The molecule has 2 unspecified atom stereocenters. The van der Waals surface area contributed by atoms with Crippen LogP contribution < -0.4 is 20.9 Å². The zero-order chi connectivity index (χ0) is 23.7. The number of imidazole rings is 1. The van der Waals surface area contributed by atoms with Gasteiger partial charge in [-0.1, -0.05) is 11.6 Å². The van der Waals surface area contributed by atoms with Crippen LogP contribution in [0.5, 0.6) is 0 Å². The van der Waals surface area contributed by atoms with E-state index in [0.29, 0.717) is 53.5 Å². The average Bonchev–Trinajstić information content (AvgIpc) is 3.28. The number of hydrogen-bond acceptors (Lipinski definition) is 10. The molecule has 2 saturated heterocycles. The Labute approximate surface area is 201 Å². The molecule has 0 aliphatic carbocycles. The molecule has 2 aromatic heterocycles. The maximum Gasteiger partial charge on any atom is 0.247 e. The molecule has 2 fully saturated rings. The van der Waals surface area contributed by atoms with E-state index in [2.05, 4.69) is 48.1 Å². The summed E-state index contributed by atoms with van der Waals surface area (Å²) >= 11 is 6.84. The summed E-state index contributed by atoms with van der Waals surface area (Å²) in [5, 5.41) is 33.7. The summed E-state index contributed by atoms with van der Waals surface area (Å²) in [7, 11) is 0. The lowest BCUT2D eigenvalue weighted by Crippen LogP contribution is -2.57. The Morgan fingerprint density at radius 2 is 2.21 bits per heavy atom. The minimum atomic E-state index is 0.0692. The molecular weight excluding hydrogens is 456 g/mol. The van der Waals surface area contributed by atoms with Gasteiger partial charge in [0.2, 0.25) is 5.95 Å². The number of nitrogens with zero attached hydrogens (tertiary/aromatic N) is 7. The molecule has 4 heterocycles. The number of piperidine rings is 1. The van der Waals surface area contributed by atoms with E-state index in [1.807, 2.05) is 6.92 Å². The molecule has 3 N–H and O–H groups in total. The first kappa shape index (κ1) is 22.2. The van der Waals surface area contributed by atoms with Crippen LogP contribution in [0.25, 0.3) is 5.65 Å². The number of halogens is 1. The van der Waals surface area contributed by atoms with Gasteiger partial charge in [-0.25, -0.2) is 4.98 Å². The van der Waals surface area contributed by atoms with Crippen molar-refractivity contribution in [2.45, 2.75) is 25.5 Å². The van der Waals surface area contributed by atoms with Gasteiger partial charge in [-0.2, -0.15) is 20.0 Å². The highest BCUT2D eigenvalue weighted by Gasteiger charge is 2.33. The van der Waals surface area contributed by atoms with Crippen molar-refractivity contribution in [2.24, 2.45) is 0 Å². The molecule has 3 aromatic rings. The van der Waals surface area contributed by atoms with Gasteiger partial charge in [-0.05, 0) is 25.5 Å². The smallest absolute Gasteiger partial charge is 0.247 e. The number of nitriles is 2. The Morgan fingerprint density at radius 1 is 1.32 bits per heavy atom. The number of aromatic nitrogens is 4. The highest BCUT2D eigenvalue weighted by molar-refractivity contribution is 6.36. The molecule has 0 bridgehead atoms. The topological polar surface area (TPSA) is 139 Å². The molecule has 2 atom stereocenters. The lowest BCUT2D eigenvalue weighted by molar-refractivity contribution is -0.00902. The Hall–Kier alpha value is -3.64. The normalized spacial score (nSPS) is 19.8. The van der Waals surface area contributed by atoms with E-state index in [4.69, 9.17) is 16.3 Å². The van der Waals surface area contributed by atoms with Gasteiger partial charge in [0.1, 0.15) is 6.07 Å². The molecule has 0 saturated carbocycles. The summed E-state index contributed by atoms with van der Waals surface area (Å²) in [6, 6.07) is 8.07. The van der Waals surface area contributed by atoms with Crippen LogP contribution in [0.1, 0.15) is 24.6 Å². The number of benzene rings is 1. The molecule has 34 heavy (non-hydrogen) atoms. The SMILES string of the molecule is CCNc1nc(Nc2cc(C#N)cc(N3CCC4NCCOC4C3)c2Cl)nn2c(C#N)cnc12. The van der Waals surface area contributed by atoms with Crippen molar-refractivity contribution in [1.82, 2.24) is 24.9 Å². The highest BCUT2D eigenvalue weighted by Crippen LogP contribution is 2.37. The van der Waals surface area contributed by atoms with Crippen LogP contribution in [0.3, 0.4) is 0 Å². The Morgan fingerprint density at radius 3 is 3.00 bits per heavy atom. The van der Waals surface area contributed by atoms with E-state index >= 15 is 0 Å². The molecule has 174 valence electrons. The Kier molecular flexibility index (Phi) is 6.07. The first-order valence-electron chi connectivity index (χ1n) is 11.1. The maximum absolute atomic E-state index is 9.66. The van der Waals surface area contributed by atoms with Crippen LogP contribution in [-0.2, 0) is 4.74 Å². The van der Waals surface area contributed by atoms with E-state index < -0.39 is 0 Å². The van der Waals surface area contributed by atoms with Gasteiger partial charge in [0.25, 0.3) is 0 Å². The van der Waals surface area contributed by atoms with Crippen LogP contribution in [0.4, 0.5) is 23.1 Å². The van der Waals surface area contributed by atoms with Crippen LogP contribution in [0.2, 0.25) is 5.02 Å². The summed E-state index contributed by atoms with van der Waals surface area (Å²) in [6.45, 7) is 5.57. The third-order valence-corrected chi connectivity index (χ3v) is 6.39. The molecule has 2 aliphatic heterocycles. The minimum absolute atomic E-state index is 0.0692. The van der Waals surface area contributed by atoms with Crippen molar-refractivity contribution >= 4 is 40.4 Å². The van der Waals surface area contributed by atoms with E-state index in [1.54, 1.807) is 12.1 Å². The fourth-order valence-electron chi connectivity index (χ4n) is 4.40. The third kappa shape index (κ3) is 4.05. The van der Waals surface area contributed by atoms with Crippen LogP contribution in [0.15, 0.2) is 18.3 Å². The zero-order valence-corrected chi connectivity index (χ0v) is 19.3. The molecule has 2 aliphatic rings. The van der Waals surface area contributed by atoms with Gasteiger partial charge in [0.05, 0.1) is 46.9 Å². The van der Waals surface area contributed by atoms with Gasteiger partial charge < -0.3 is 25.6 Å². The number of rotatable bonds is 5. The van der Waals surface area contributed by atoms with Crippen molar-refractivity contribution in [3.05, 3.63) is 34.6 Å². The molecule has 0 radical (unpaired) electrons. The van der Waals surface area contributed by atoms with E-state index in [0.717, 1.165) is 25.2 Å². The number of morpholine rings is 1. The van der Waals surface area contributed by atoms with Crippen LogP contribution >= 0.6 is 11.6 Å². The van der Waals surface area contributed by atoms with Gasteiger partial charge in [-0.15, -0.1) is 5.10 Å². The number of nitrogens with one attached hydrogen (secondary N) is 3. The number of ether oxygens (including phenoxy) is 1. The van der Waals surface area contributed by atoms with E-state index in [9.17, 15) is 10.5 Å². The fourth-order valence-corrected chi connectivity index (χ4v) is 4.68. The van der Waals surface area contributed by atoms with Gasteiger partial charge in [0.15, 0.2) is 17.2 Å². The summed E-state index contributed by atoms with van der Waals surface area (Å²) in [4.78, 5) is 10.9. The average molecular weight is 479 g/mol. The lowest BCUT2D eigenvalue weighted by Gasteiger charge is -2.42. The summed E-state index contributed by atoms with van der Waals surface area (Å²) in [6.07, 6.45) is 2.44. The number of hydrogen-bond donors (Lipinski definition) is 3. The summed E-state index contributed by atoms with van der Waals surface area (Å²) in [5.41, 5.74) is 2.44. The first-order chi connectivity index (χ1) is 16.6. The standard InChI is InChI=1S/C22H23ClN10O/c1-2-26-20-21-28-11-14(10-25)33(21)31-22(30-20)29-16-7-13(9-24)8-17(19(16)23)32-5-3-15-18(12-32)34-6-4-27-15/h7-8,11,15,18,27H,2-6,12H2,1H3,(H2,26,29,30,31). The second-order valence-electron chi connectivity index (χ2n) is 8.10. The fraction of sp³-hybridized carbons (Fsp3) is 0.409. The third-order valence-electron chi connectivity index (χ3n) is 5.99. The molecule has 11 nitrogen and oxygen atoms in total. The number of fused-ring (bicyclic) bond motifs is 2. The summed E-state index contributed by atoms with van der Waals surface area (Å²) in [5.74, 6) is 0.706. The Balaban J connectivity index is 1.51. The predicted octanol–water partition coefficient (Wildman–Crippen LogP) is 2.26.